The van der Waals surface area contributed by atoms with Crippen LogP contribution < -0.4 is 10.5 Å². The van der Waals surface area contributed by atoms with Gasteiger partial charge in [-0.2, -0.15) is 0 Å². The van der Waals surface area contributed by atoms with E-state index in [4.69, 9.17) is 10.5 Å². The summed E-state index contributed by atoms with van der Waals surface area (Å²) in [6.45, 7) is 4.01. The third-order valence-electron chi connectivity index (χ3n) is 3.16. The Morgan fingerprint density at radius 1 is 1.11 bits per heavy atom. The zero-order valence-electron chi connectivity index (χ0n) is 11.0. The lowest BCUT2D eigenvalue weighted by Gasteiger charge is -2.26. The molecule has 0 bridgehead atoms. The number of ether oxygens (including phenoxy) is 1. The van der Waals surface area contributed by atoms with Gasteiger partial charge in [-0.3, -0.25) is 4.98 Å². The van der Waals surface area contributed by atoms with E-state index in [-0.39, 0.29) is 0 Å². The number of hydrogen-bond donors (Lipinski definition) is 1. The Morgan fingerprint density at radius 3 is 2.33 bits per heavy atom. The van der Waals surface area contributed by atoms with E-state index in [0.717, 1.165) is 22.4 Å². The number of aryl methyl sites for hydroxylation is 1. The molecule has 0 aliphatic heterocycles. The van der Waals surface area contributed by atoms with Crippen LogP contribution in [-0.4, -0.2) is 12.1 Å². The van der Waals surface area contributed by atoms with E-state index in [9.17, 15) is 0 Å². The molecule has 1 heterocycles. The molecule has 0 saturated heterocycles. The molecule has 2 N–H and O–H groups in total. The molecular weight excluding hydrogens is 224 g/mol. The lowest BCUT2D eigenvalue weighted by molar-refractivity contribution is 0.414. The summed E-state index contributed by atoms with van der Waals surface area (Å²) in [6, 6.07) is 9.88. The second-order valence-electron chi connectivity index (χ2n) is 4.68. The topological polar surface area (TPSA) is 48.1 Å². The van der Waals surface area contributed by atoms with E-state index in [1.165, 1.54) is 0 Å². The quantitative estimate of drug-likeness (QED) is 0.900. The number of nitrogens with zero attached hydrogens (tertiary/aromatic N) is 1. The number of nitrogens with two attached hydrogens (primary N) is 1. The van der Waals surface area contributed by atoms with Gasteiger partial charge < -0.3 is 10.5 Å². The Bertz CT molecular complexity index is 532. The maximum Gasteiger partial charge on any atom is 0.118 e. The van der Waals surface area contributed by atoms with Crippen molar-refractivity contribution in [2.75, 3.05) is 7.11 Å². The highest BCUT2D eigenvalue weighted by Crippen LogP contribution is 2.27. The largest absolute Gasteiger partial charge is 0.497 e. The number of methoxy groups -OCH3 is 1. The highest BCUT2D eigenvalue weighted by Gasteiger charge is 2.24. The van der Waals surface area contributed by atoms with Gasteiger partial charge in [-0.15, -0.1) is 0 Å². The van der Waals surface area contributed by atoms with Gasteiger partial charge in [0.2, 0.25) is 0 Å². The average Bonchev–Trinajstić information content (AvgIpc) is 2.39. The van der Waals surface area contributed by atoms with Gasteiger partial charge in [-0.1, -0.05) is 18.2 Å². The standard InChI is InChI=1S/C15H18N2O/c1-11-8-13(10-17-9-11)15(2,16)12-4-6-14(18-3)7-5-12/h4-10H,16H2,1-3H3. The predicted octanol–water partition coefficient (Wildman–Crippen LogP) is 2.62. The SMILES string of the molecule is COc1ccc(C(C)(N)c2cncc(C)c2)cc1. The molecule has 1 aromatic heterocycles. The molecule has 18 heavy (non-hydrogen) atoms. The first-order chi connectivity index (χ1) is 8.54. The second-order valence-corrected chi connectivity index (χ2v) is 4.68. The van der Waals surface area contributed by atoms with Gasteiger partial charge in [0, 0.05) is 12.4 Å². The van der Waals surface area contributed by atoms with Crippen molar-refractivity contribution in [3.63, 3.8) is 0 Å². The number of benzene rings is 1. The fourth-order valence-corrected chi connectivity index (χ4v) is 1.94. The summed E-state index contributed by atoms with van der Waals surface area (Å²) < 4.78 is 5.15. The van der Waals surface area contributed by atoms with Crippen molar-refractivity contribution in [2.24, 2.45) is 5.73 Å². The molecule has 3 heteroatoms. The van der Waals surface area contributed by atoms with Crippen LogP contribution in [0.15, 0.2) is 42.7 Å². The van der Waals surface area contributed by atoms with Crippen molar-refractivity contribution < 1.29 is 4.74 Å². The number of aromatic nitrogens is 1. The summed E-state index contributed by atoms with van der Waals surface area (Å²) in [5.41, 5.74) is 9.04. The van der Waals surface area contributed by atoms with Crippen LogP contribution in [0.2, 0.25) is 0 Å². The molecule has 1 aromatic carbocycles. The Labute approximate surface area is 108 Å². The Hall–Kier alpha value is -1.87. The molecule has 0 aliphatic carbocycles. The van der Waals surface area contributed by atoms with Gasteiger partial charge in [0.05, 0.1) is 12.6 Å². The van der Waals surface area contributed by atoms with Crippen LogP contribution in [0.25, 0.3) is 0 Å². The third-order valence-corrected chi connectivity index (χ3v) is 3.16. The fourth-order valence-electron chi connectivity index (χ4n) is 1.94. The summed E-state index contributed by atoms with van der Waals surface area (Å²) >= 11 is 0. The fraction of sp³-hybridized carbons (Fsp3) is 0.267. The summed E-state index contributed by atoms with van der Waals surface area (Å²) in [4.78, 5) is 4.21. The smallest absolute Gasteiger partial charge is 0.118 e. The molecule has 1 atom stereocenters. The van der Waals surface area contributed by atoms with E-state index in [1.54, 1.807) is 7.11 Å². The van der Waals surface area contributed by atoms with Gasteiger partial charge in [0.15, 0.2) is 0 Å². The van der Waals surface area contributed by atoms with Crippen molar-refractivity contribution >= 4 is 0 Å². The Balaban J connectivity index is 2.40. The molecular formula is C15H18N2O. The van der Waals surface area contributed by atoms with Crippen molar-refractivity contribution in [2.45, 2.75) is 19.4 Å². The van der Waals surface area contributed by atoms with Gasteiger partial charge in [-0.05, 0) is 42.7 Å². The summed E-state index contributed by atoms with van der Waals surface area (Å²) in [5, 5.41) is 0. The Morgan fingerprint density at radius 2 is 1.78 bits per heavy atom. The molecule has 0 amide bonds. The monoisotopic (exact) mass is 242 g/mol. The summed E-state index contributed by atoms with van der Waals surface area (Å²) in [5.74, 6) is 0.830. The van der Waals surface area contributed by atoms with Crippen LogP contribution in [0.3, 0.4) is 0 Å². The van der Waals surface area contributed by atoms with Crippen LogP contribution in [0.4, 0.5) is 0 Å². The number of pyridine rings is 1. The second kappa shape index (κ2) is 4.78. The van der Waals surface area contributed by atoms with E-state index < -0.39 is 5.54 Å². The molecule has 2 aromatic rings. The van der Waals surface area contributed by atoms with Crippen LogP contribution in [-0.2, 0) is 5.54 Å². The highest BCUT2D eigenvalue weighted by atomic mass is 16.5. The van der Waals surface area contributed by atoms with E-state index in [2.05, 4.69) is 11.1 Å². The van der Waals surface area contributed by atoms with E-state index in [0.29, 0.717) is 0 Å². The zero-order valence-corrected chi connectivity index (χ0v) is 11.0. The van der Waals surface area contributed by atoms with Crippen LogP contribution >= 0.6 is 0 Å². The summed E-state index contributed by atoms with van der Waals surface area (Å²) in [6.07, 6.45) is 3.64. The van der Waals surface area contributed by atoms with Gasteiger partial charge in [-0.25, -0.2) is 0 Å². The van der Waals surface area contributed by atoms with Crippen molar-refractivity contribution in [1.82, 2.24) is 4.98 Å². The van der Waals surface area contributed by atoms with Crippen molar-refractivity contribution in [3.05, 3.63) is 59.4 Å². The minimum atomic E-state index is -0.550. The third kappa shape index (κ3) is 2.36. The molecule has 94 valence electrons. The van der Waals surface area contributed by atoms with Gasteiger partial charge in [0.25, 0.3) is 0 Å². The van der Waals surface area contributed by atoms with Crippen molar-refractivity contribution in [3.8, 4) is 5.75 Å². The molecule has 3 nitrogen and oxygen atoms in total. The minimum Gasteiger partial charge on any atom is -0.497 e. The lowest BCUT2D eigenvalue weighted by Crippen LogP contribution is -2.34. The number of rotatable bonds is 3. The van der Waals surface area contributed by atoms with Crippen molar-refractivity contribution in [1.29, 1.82) is 0 Å². The van der Waals surface area contributed by atoms with E-state index in [1.807, 2.05) is 50.5 Å². The maximum absolute atomic E-state index is 6.44. The maximum atomic E-state index is 6.44. The molecule has 0 radical (unpaired) electrons. The molecule has 1 unspecified atom stereocenters. The molecule has 2 rings (SSSR count). The molecule has 0 saturated carbocycles. The number of hydrogen-bond acceptors (Lipinski definition) is 3. The highest BCUT2D eigenvalue weighted by molar-refractivity contribution is 5.39. The van der Waals surface area contributed by atoms with Gasteiger partial charge >= 0.3 is 0 Å². The average molecular weight is 242 g/mol. The molecule has 0 aliphatic rings. The Kier molecular flexibility index (Phi) is 3.34. The van der Waals surface area contributed by atoms with E-state index >= 15 is 0 Å². The first-order valence-corrected chi connectivity index (χ1v) is 5.89. The van der Waals surface area contributed by atoms with Crippen LogP contribution in [0.1, 0.15) is 23.6 Å². The molecule has 0 spiro atoms. The lowest BCUT2D eigenvalue weighted by atomic mass is 9.86. The first-order valence-electron chi connectivity index (χ1n) is 5.89. The van der Waals surface area contributed by atoms with Crippen LogP contribution in [0, 0.1) is 6.92 Å². The normalized spacial score (nSPS) is 14.0. The minimum absolute atomic E-state index is 0.550. The molecule has 0 fully saturated rings. The van der Waals surface area contributed by atoms with Gasteiger partial charge in [0.1, 0.15) is 5.75 Å². The predicted molar refractivity (Wildman–Crippen MR) is 72.6 cm³/mol. The first kappa shape index (κ1) is 12.6. The zero-order chi connectivity index (χ0) is 13.2. The summed E-state index contributed by atoms with van der Waals surface area (Å²) in [7, 11) is 1.65. The van der Waals surface area contributed by atoms with Crippen LogP contribution in [0.5, 0.6) is 5.75 Å².